The van der Waals surface area contributed by atoms with Gasteiger partial charge < -0.3 is 24.3 Å². The molecule has 232 valence electrons. The van der Waals surface area contributed by atoms with Gasteiger partial charge in [-0.1, -0.05) is 11.6 Å². The number of aromatic nitrogens is 8. The highest BCUT2D eigenvalue weighted by molar-refractivity contribution is 6.36. The molecule has 6 heterocycles. The highest BCUT2D eigenvalue weighted by atomic mass is 35.5. The van der Waals surface area contributed by atoms with Gasteiger partial charge in [-0.15, -0.1) is 0 Å². The summed E-state index contributed by atoms with van der Waals surface area (Å²) in [5, 5.41) is 11.5. The van der Waals surface area contributed by atoms with Crippen LogP contribution in [-0.4, -0.2) is 68.6 Å². The van der Waals surface area contributed by atoms with Crippen molar-refractivity contribution in [2.24, 2.45) is 7.05 Å². The van der Waals surface area contributed by atoms with Crippen LogP contribution in [0.15, 0.2) is 37.1 Å². The molecule has 44 heavy (non-hydrogen) atoms. The number of hydrogen-bond donors (Lipinski definition) is 1. The first kappa shape index (κ1) is 29.5. The molecule has 0 saturated carbocycles. The molecule has 5 aromatic heterocycles. The molecule has 0 bridgehead atoms. The van der Waals surface area contributed by atoms with Crippen molar-refractivity contribution in [3.63, 3.8) is 0 Å². The summed E-state index contributed by atoms with van der Waals surface area (Å²) in [6, 6.07) is 0.356. The minimum absolute atomic E-state index is 0.0586. The lowest BCUT2D eigenvalue weighted by molar-refractivity contribution is -0.145. The number of nitrogens with one attached hydrogen (secondary N) is 1. The lowest BCUT2D eigenvalue weighted by Crippen LogP contribution is -2.42. The van der Waals surface area contributed by atoms with E-state index in [0.717, 1.165) is 10.7 Å². The maximum atomic E-state index is 14.1. The molecular formula is C27H28ClF3N10O3. The number of piperidine rings is 1. The number of hydrogen-bond acceptors (Lipinski definition) is 9. The third-order valence-electron chi connectivity index (χ3n) is 7.04. The van der Waals surface area contributed by atoms with E-state index in [-0.39, 0.29) is 54.1 Å². The molecular weight excluding hydrogens is 605 g/mol. The summed E-state index contributed by atoms with van der Waals surface area (Å²) in [5.74, 6) is 0.749. The zero-order chi connectivity index (χ0) is 31.4. The van der Waals surface area contributed by atoms with Crippen molar-refractivity contribution in [3.05, 3.63) is 47.8 Å². The molecule has 1 aliphatic heterocycles. The summed E-state index contributed by atoms with van der Waals surface area (Å²) in [6.07, 6.45) is 3.17. The largest absolute Gasteiger partial charge is 0.450 e. The zero-order valence-corrected chi connectivity index (χ0v) is 24.9. The molecule has 1 aliphatic rings. The van der Waals surface area contributed by atoms with Crippen molar-refractivity contribution in [2.75, 3.05) is 18.4 Å². The maximum absolute atomic E-state index is 14.1. The van der Waals surface area contributed by atoms with Crippen molar-refractivity contribution in [1.82, 2.24) is 43.8 Å². The first-order valence-corrected chi connectivity index (χ1v) is 14.0. The van der Waals surface area contributed by atoms with Crippen molar-refractivity contribution in [1.29, 1.82) is 0 Å². The third kappa shape index (κ3) is 5.68. The molecule has 1 amide bonds. The van der Waals surface area contributed by atoms with Gasteiger partial charge in [0.05, 0.1) is 24.6 Å². The van der Waals surface area contributed by atoms with E-state index in [1.54, 1.807) is 55.5 Å². The van der Waals surface area contributed by atoms with Gasteiger partial charge in [0.15, 0.2) is 23.0 Å². The Bertz CT molecular complexity index is 1850. The molecule has 1 saturated heterocycles. The Balaban J connectivity index is 1.24. The topological polar surface area (TPSA) is 130 Å². The molecule has 0 aliphatic carbocycles. The van der Waals surface area contributed by atoms with Crippen molar-refractivity contribution < 1.29 is 27.4 Å². The quantitative estimate of drug-likeness (QED) is 0.248. The fourth-order valence-corrected chi connectivity index (χ4v) is 5.28. The van der Waals surface area contributed by atoms with Crippen LogP contribution >= 0.6 is 11.6 Å². The Morgan fingerprint density at radius 2 is 1.86 bits per heavy atom. The van der Waals surface area contributed by atoms with Crippen LogP contribution < -0.4 is 10.1 Å². The van der Waals surface area contributed by atoms with Gasteiger partial charge in [0.1, 0.15) is 27.4 Å². The highest BCUT2D eigenvalue weighted by Gasteiger charge is 2.39. The smallest absolute Gasteiger partial charge is 0.433 e. The number of rotatable bonds is 5. The first-order valence-electron chi connectivity index (χ1n) is 13.7. The molecule has 1 fully saturated rings. The van der Waals surface area contributed by atoms with Gasteiger partial charge in [-0.25, -0.2) is 14.3 Å². The summed E-state index contributed by atoms with van der Waals surface area (Å²) in [7, 11) is 1.64. The number of aryl methyl sites for hydroxylation is 1. The van der Waals surface area contributed by atoms with Crippen molar-refractivity contribution in [2.45, 2.75) is 51.4 Å². The summed E-state index contributed by atoms with van der Waals surface area (Å²) >= 11 is 6.69. The fourth-order valence-electron chi connectivity index (χ4n) is 4.99. The Morgan fingerprint density at radius 1 is 1.11 bits per heavy atom. The van der Waals surface area contributed by atoms with Crippen LogP contribution in [0.3, 0.4) is 0 Å². The van der Waals surface area contributed by atoms with E-state index in [0.29, 0.717) is 16.8 Å². The number of imidazole rings is 1. The van der Waals surface area contributed by atoms with Crippen molar-refractivity contribution in [3.8, 4) is 11.5 Å². The second-order valence-corrected chi connectivity index (χ2v) is 11.7. The number of alkyl halides is 3. The number of pyridine rings is 1. The van der Waals surface area contributed by atoms with Gasteiger partial charge in [0.25, 0.3) is 0 Å². The number of nitrogens with zero attached hydrogens (tertiary/aromatic N) is 9. The fraction of sp³-hybridized carbons (Fsp3) is 0.407. The first-order chi connectivity index (χ1) is 20.8. The predicted molar refractivity (Wildman–Crippen MR) is 153 cm³/mol. The van der Waals surface area contributed by atoms with Gasteiger partial charge in [-0.2, -0.15) is 28.4 Å². The minimum atomic E-state index is -4.66. The van der Waals surface area contributed by atoms with Crippen LogP contribution in [0.1, 0.15) is 45.3 Å². The SMILES string of the molecule is Cn1c(Nc2cc(C(F)(F)F)n(C3CCN(C(=O)OC(C)(C)C)CC3)n2)nc2ncc(Oc3cnn4ccncc34)c(Cl)c21. The van der Waals surface area contributed by atoms with Crippen molar-refractivity contribution >= 4 is 46.1 Å². The molecule has 0 unspecified atom stereocenters. The molecule has 0 spiro atoms. The molecule has 6 rings (SSSR count). The van der Waals surface area contributed by atoms with Gasteiger partial charge in [0.2, 0.25) is 5.95 Å². The van der Waals surface area contributed by atoms with Crippen LogP contribution in [0, 0.1) is 0 Å². The number of ether oxygens (including phenoxy) is 2. The molecule has 1 N–H and O–H groups in total. The summed E-state index contributed by atoms with van der Waals surface area (Å²) in [6.45, 7) is 5.76. The zero-order valence-electron chi connectivity index (χ0n) is 24.1. The molecule has 0 aromatic carbocycles. The van der Waals surface area contributed by atoms with Crippen LogP contribution in [-0.2, 0) is 18.0 Å². The van der Waals surface area contributed by atoms with E-state index < -0.39 is 29.6 Å². The number of fused-ring (bicyclic) bond motifs is 2. The van der Waals surface area contributed by atoms with E-state index in [2.05, 4.69) is 30.5 Å². The number of anilines is 2. The molecule has 13 nitrogen and oxygen atoms in total. The average molecular weight is 633 g/mol. The van der Waals surface area contributed by atoms with E-state index in [1.807, 2.05) is 0 Å². The predicted octanol–water partition coefficient (Wildman–Crippen LogP) is 5.99. The molecule has 5 aromatic rings. The highest BCUT2D eigenvalue weighted by Crippen LogP contribution is 2.38. The lowest BCUT2D eigenvalue weighted by atomic mass is 10.1. The Morgan fingerprint density at radius 3 is 2.57 bits per heavy atom. The van der Waals surface area contributed by atoms with Crippen LogP contribution in [0.5, 0.6) is 11.5 Å². The number of likely N-dealkylation sites (tertiary alicyclic amines) is 1. The second-order valence-electron chi connectivity index (χ2n) is 11.3. The maximum Gasteiger partial charge on any atom is 0.433 e. The van der Waals surface area contributed by atoms with Gasteiger partial charge in [-0.05, 0) is 33.6 Å². The molecule has 0 atom stereocenters. The third-order valence-corrected chi connectivity index (χ3v) is 7.41. The summed E-state index contributed by atoms with van der Waals surface area (Å²) in [5.41, 5.74) is -0.325. The molecule has 0 radical (unpaired) electrons. The molecule has 17 heteroatoms. The van der Waals surface area contributed by atoms with Crippen LogP contribution in [0.25, 0.3) is 16.7 Å². The van der Waals surface area contributed by atoms with E-state index in [9.17, 15) is 18.0 Å². The Labute approximate surface area is 253 Å². The van der Waals surface area contributed by atoms with Gasteiger partial charge in [-0.3, -0.25) is 9.67 Å². The Hall–Kier alpha value is -4.60. The van der Waals surface area contributed by atoms with Crippen LogP contribution in [0.4, 0.5) is 29.7 Å². The van der Waals surface area contributed by atoms with E-state index >= 15 is 0 Å². The van der Waals surface area contributed by atoms with Crippen LogP contribution in [0.2, 0.25) is 5.02 Å². The Kier molecular flexibility index (Phi) is 7.26. The summed E-state index contributed by atoms with van der Waals surface area (Å²) in [4.78, 5) is 26.8. The van der Waals surface area contributed by atoms with E-state index in [4.69, 9.17) is 21.1 Å². The van der Waals surface area contributed by atoms with Gasteiger partial charge in [0, 0.05) is 38.6 Å². The standard InChI is InChI=1S/C27H28ClF3N10O3/c1-26(2,3)44-25(42)39-8-5-15(6-9-39)41-19(27(29,30)31)11-20(37-41)35-24-36-23-22(38(24)4)21(28)18(13-33-23)43-17-14-34-40-10-7-32-12-16(17)40/h7,10-15H,5-6,8-9H2,1-4H3,(H,33,35,36,37). The number of amides is 1. The number of halogens is 4. The number of carbonyl (C=O) groups is 1. The monoisotopic (exact) mass is 632 g/mol. The lowest BCUT2D eigenvalue weighted by Gasteiger charge is -2.34. The van der Waals surface area contributed by atoms with E-state index in [1.165, 1.54) is 17.3 Å². The number of carbonyl (C=O) groups excluding carboxylic acids is 1. The summed E-state index contributed by atoms with van der Waals surface area (Å²) < 4.78 is 57.8. The minimum Gasteiger partial charge on any atom is -0.450 e. The second kappa shape index (κ2) is 10.8. The normalized spacial score (nSPS) is 14.9. The average Bonchev–Trinajstić information content (AvgIpc) is 3.66. The van der Waals surface area contributed by atoms with Gasteiger partial charge >= 0.3 is 12.3 Å².